The predicted molar refractivity (Wildman–Crippen MR) is 80.8 cm³/mol. The summed E-state index contributed by atoms with van der Waals surface area (Å²) in [7, 11) is 1.54. The summed E-state index contributed by atoms with van der Waals surface area (Å²) >= 11 is 0. The molecule has 0 unspecified atom stereocenters. The first kappa shape index (κ1) is 13.3. The van der Waals surface area contributed by atoms with Gasteiger partial charge in [0, 0.05) is 12.6 Å². The highest BCUT2D eigenvalue weighted by molar-refractivity contribution is 5.80. The quantitative estimate of drug-likeness (QED) is 0.563. The minimum absolute atomic E-state index is 0.263. The lowest BCUT2D eigenvalue weighted by Crippen LogP contribution is -2.34. The van der Waals surface area contributed by atoms with Crippen molar-refractivity contribution in [1.29, 1.82) is 0 Å². The van der Waals surface area contributed by atoms with Crippen molar-refractivity contribution in [3.63, 3.8) is 0 Å². The Bertz CT molecular complexity index is 1120. The van der Waals surface area contributed by atoms with Crippen molar-refractivity contribution in [3.8, 4) is 23.0 Å². The zero-order valence-corrected chi connectivity index (χ0v) is 11.9. The number of hydrogen-bond acceptors (Lipinski definition) is 6. The number of H-pyrrole nitrogens is 1. The highest BCUT2D eigenvalue weighted by Crippen LogP contribution is 2.24. The van der Waals surface area contributed by atoms with E-state index in [1.54, 1.807) is 37.4 Å². The number of hydrogen-bond donors (Lipinski definition) is 1. The molecule has 4 rings (SSSR count). The number of benzene rings is 1. The van der Waals surface area contributed by atoms with E-state index >= 15 is 0 Å². The molecule has 0 saturated carbocycles. The van der Waals surface area contributed by atoms with Crippen LogP contribution in [0, 0.1) is 0 Å². The average Bonchev–Trinajstić information content (AvgIpc) is 3.23. The lowest BCUT2D eigenvalue weighted by molar-refractivity contribution is 0.417. The monoisotopic (exact) mass is 310 g/mol. The van der Waals surface area contributed by atoms with Gasteiger partial charge in [0.05, 0.1) is 17.3 Å². The molecular formula is C15H10N4O4. The maximum Gasteiger partial charge on any atom is 0.316 e. The lowest BCUT2D eigenvalue weighted by Gasteiger charge is -2.04. The number of aromatic amines is 1. The Balaban J connectivity index is 1.85. The van der Waals surface area contributed by atoms with Crippen molar-refractivity contribution in [2.75, 3.05) is 0 Å². The van der Waals surface area contributed by atoms with Crippen molar-refractivity contribution in [3.05, 3.63) is 57.3 Å². The molecule has 3 heterocycles. The number of nitrogens with zero attached hydrogens (tertiary/aromatic N) is 3. The van der Waals surface area contributed by atoms with Gasteiger partial charge in [-0.05, 0) is 30.3 Å². The van der Waals surface area contributed by atoms with Crippen molar-refractivity contribution < 1.29 is 8.94 Å². The van der Waals surface area contributed by atoms with Gasteiger partial charge >= 0.3 is 11.1 Å². The third-order valence-corrected chi connectivity index (χ3v) is 3.52. The predicted octanol–water partition coefficient (Wildman–Crippen LogP) is 1.54. The number of rotatable bonds is 2. The van der Waals surface area contributed by atoms with Crippen LogP contribution < -0.4 is 11.1 Å². The van der Waals surface area contributed by atoms with E-state index in [-0.39, 0.29) is 5.89 Å². The Morgan fingerprint density at radius 3 is 2.87 bits per heavy atom. The first-order valence-electron chi connectivity index (χ1n) is 6.74. The Morgan fingerprint density at radius 1 is 1.22 bits per heavy atom. The molecule has 0 atom stereocenters. The summed E-state index contributed by atoms with van der Waals surface area (Å²) in [6.07, 6.45) is 1.51. The SMILES string of the molecule is Cn1c(=O)c(=O)[nH]c2cc(-c3noc(-c4ccco4)n3)ccc21. The van der Waals surface area contributed by atoms with Crippen LogP contribution in [0.3, 0.4) is 0 Å². The van der Waals surface area contributed by atoms with E-state index in [0.717, 1.165) is 0 Å². The normalized spacial score (nSPS) is 11.2. The van der Waals surface area contributed by atoms with Crippen LogP contribution in [0.2, 0.25) is 0 Å². The van der Waals surface area contributed by atoms with E-state index in [1.165, 1.54) is 10.8 Å². The van der Waals surface area contributed by atoms with Gasteiger partial charge in [-0.2, -0.15) is 4.98 Å². The lowest BCUT2D eigenvalue weighted by atomic mass is 10.2. The smallest absolute Gasteiger partial charge is 0.316 e. The van der Waals surface area contributed by atoms with E-state index in [4.69, 9.17) is 8.94 Å². The minimum atomic E-state index is -0.679. The molecule has 0 saturated heterocycles. The van der Waals surface area contributed by atoms with E-state index in [9.17, 15) is 9.59 Å². The molecule has 0 aliphatic rings. The molecule has 0 spiro atoms. The maximum absolute atomic E-state index is 11.6. The van der Waals surface area contributed by atoms with E-state index < -0.39 is 11.1 Å². The van der Waals surface area contributed by atoms with Crippen LogP contribution >= 0.6 is 0 Å². The van der Waals surface area contributed by atoms with E-state index in [0.29, 0.717) is 28.2 Å². The number of aromatic nitrogens is 4. The summed E-state index contributed by atoms with van der Waals surface area (Å²) in [6, 6.07) is 8.58. The van der Waals surface area contributed by atoms with E-state index in [2.05, 4.69) is 15.1 Å². The molecule has 0 aliphatic heterocycles. The Morgan fingerprint density at radius 2 is 2.09 bits per heavy atom. The zero-order valence-electron chi connectivity index (χ0n) is 11.9. The van der Waals surface area contributed by atoms with Gasteiger partial charge in [0.1, 0.15) is 0 Å². The summed E-state index contributed by atoms with van der Waals surface area (Å²) in [5.41, 5.74) is 0.479. The van der Waals surface area contributed by atoms with Crippen LogP contribution in [0.15, 0.2) is 55.1 Å². The fourth-order valence-corrected chi connectivity index (χ4v) is 2.35. The molecule has 4 aromatic rings. The van der Waals surface area contributed by atoms with Crippen LogP contribution in [-0.4, -0.2) is 19.7 Å². The molecule has 23 heavy (non-hydrogen) atoms. The molecule has 0 bridgehead atoms. The Hall–Kier alpha value is -3.42. The maximum atomic E-state index is 11.6. The third kappa shape index (κ3) is 2.08. The largest absolute Gasteiger partial charge is 0.459 e. The number of aryl methyl sites for hydroxylation is 1. The summed E-state index contributed by atoms with van der Waals surface area (Å²) in [4.78, 5) is 30.1. The standard InChI is InChI=1S/C15H10N4O4/c1-19-10-5-4-8(7-9(10)16-13(20)15(19)21)12-17-14(23-18-12)11-3-2-6-22-11/h2-7H,1H3,(H,16,20). The second kappa shape index (κ2) is 4.80. The van der Waals surface area contributed by atoms with Gasteiger partial charge in [-0.3, -0.25) is 9.59 Å². The first-order chi connectivity index (χ1) is 11.1. The molecule has 0 amide bonds. The van der Waals surface area contributed by atoms with Crippen LogP contribution in [0.25, 0.3) is 34.1 Å². The van der Waals surface area contributed by atoms with Gasteiger partial charge in [-0.15, -0.1) is 0 Å². The van der Waals surface area contributed by atoms with Crippen molar-refractivity contribution >= 4 is 11.0 Å². The molecule has 0 fully saturated rings. The molecule has 1 aromatic carbocycles. The first-order valence-corrected chi connectivity index (χ1v) is 6.74. The van der Waals surface area contributed by atoms with Gasteiger partial charge < -0.3 is 18.5 Å². The van der Waals surface area contributed by atoms with Crippen molar-refractivity contribution in [2.45, 2.75) is 0 Å². The molecular weight excluding hydrogens is 300 g/mol. The van der Waals surface area contributed by atoms with Crippen molar-refractivity contribution in [1.82, 2.24) is 19.7 Å². The van der Waals surface area contributed by atoms with Gasteiger partial charge in [0.25, 0.3) is 5.89 Å². The second-order valence-corrected chi connectivity index (χ2v) is 4.95. The number of furan rings is 1. The van der Waals surface area contributed by atoms with Gasteiger partial charge in [0.15, 0.2) is 5.76 Å². The molecule has 114 valence electrons. The van der Waals surface area contributed by atoms with Crippen LogP contribution in [0.1, 0.15) is 0 Å². The fraction of sp³-hybridized carbons (Fsp3) is 0.0667. The summed E-state index contributed by atoms with van der Waals surface area (Å²) < 4.78 is 11.7. The molecule has 1 N–H and O–H groups in total. The summed E-state index contributed by atoms with van der Waals surface area (Å²) in [5.74, 6) is 1.09. The van der Waals surface area contributed by atoms with Crippen molar-refractivity contribution in [2.24, 2.45) is 7.05 Å². The fourth-order valence-electron chi connectivity index (χ4n) is 2.35. The molecule has 8 heteroatoms. The zero-order chi connectivity index (χ0) is 16.0. The highest BCUT2D eigenvalue weighted by atomic mass is 16.5. The molecule has 0 radical (unpaired) electrons. The second-order valence-electron chi connectivity index (χ2n) is 4.95. The van der Waals surface area contributed by atoms with E-state index in [1.807, 2.05) is 0 Å². The Labute approximate surface area is 128 Å². The van der Waals surface area contributed by atoms with Gasteiger partial charge in [0.2, 0.25) is 5.82 Å². The molecule has 0 aliphatic carbocycles. The average molecular weight is 310 g/mol. The van der Waals surface area contributed by atoms with Crippen LogP contribution in [0.4, 0.5) is 0 Å². The van der Waals surface area contributed by atoms with Crippen LogP contribution in [0.5, 0.6) is 0 Å². The summed E-state index contributed by atoms with van der Waals surface area (Å²) in [6.45, 7) is 0. The number of nitrogens with one attached hydrogen (secondary N) is 1. The minimum Gasteiger partial charge on any atom is -0.459 e. The van der Waals surface area contributed by atoms with Gasteiger partial charge in [-0.25, -0.2) is 0 Å². The topological polar surface area (TPSA) is 107 Å². The summed E-state index contributed by atoms with van der Waals surface area (Å²) in [5, 5.41) is 3.90. The highest BCUT2D eigenvalue weighted by Gasteiger charge is 2.13. The molecule has 8 nitrogen and oxygen atoms in total. The Kier molecular flexibility index (Phi) is 2.77. The third-order valence-electron chi connectivity index (χ3n) is 3.52. The number of fused-ring (bicyclic) bond motifs is 1. The molecule has 3 aromatic heterocycles. The van der Waals surface area contributed by atoms with Gasteiger partial charge in [-0.1, -0.05) is 5.16 Å². The van der Waals surface area contributed by atoms with Crippen LogP contribution in [-0.2, 0) is 7.05 Å².